The second kappa shape index (κ2) is 11.5. The average Bonchev–Trinajstić information content (AvgIpc) is 3.15. The zero-order chi connectivity index (χ0) is 27.8. The van der Waals surface area contributed by atoms with Gasteiger partial charge in [-0.05, 0) is 30.5 Å². The maximum absolute atomic E-state index is 13.6. The van der Waals surface area contributed by atoms with Crippen LogP contribution in [0.2, 0.25) is 0 Å². The van der Waals surface area contributed by atoms with Crippen LogP contribution in [0.15, 0.2) is 18.2 Å². The molecule has 1 aromatic heterocycles. The molecule has 0 spiro atoms. The maximum Gasteiger partial charge on any atom is 0.273 e. The Morgan fingerprint density at radius 3 is 2.51 bits per heavy atom. The van der Waals surface area contributed by atoms with E-state index in [-0.39, 0.29) is 54.8 Å². The largest absolute Gasteiger partial charge is 0.491 e. The summed E-state index contributed by atoms with van der Waals surface area (Å²) in [6.07, 6.45) is 0. The molecule has 0 saturated carbocycles. The molecule has 0 saturated heterocycles. The molecule has 4 N–H and O–H groups in total. The number of rotatable bonds is 8. The lowest BCUT2D eigenvalue weighted by Crippen LogP contribution is -2.40. The molecule has 0 aliphatic carbocycles. The number of hydrogen-bond acceptors (Lipinski definition) is 8. The Bertz CT molecular complexity index is 1320. The Morgan fingerprint density at radius 1 is 1.18 bits per heavy atom. The standard InChI is InChI=1S/C27H34N6O5.ClH/c1-6-37-20-11-16-12-33(25(29)22(16)31-23(20)26(36)30-5)13-19(34)15-9-17(27(2,3)4)24-18(10-15)32(7-8-38-24)14-21(28)35;/h9-11,29H,6-8,12-14H2,1-5H3,(H2,28,35)(H,30,36);1H. The zero-order valence-electron chi connectivity index (χ0n) is 22.8. The van der Waals surface area contributed by atoms with Gasteiger partial charge in [0.05, 0.1) is 31.9 Å². The van der Waals surface area contributed by atoms with E-state index in [2.05, 4.69) is 10.3 Å². The summed E-state index contributed by atoms with van der Waals surface area (Å²) in [5.74, 6) is -0.0237. The number of primary amides is 1. The fourth-order valence-electron chi connectivity index (χ4n) is 4.69. The molecule has 0 bridgehead atoms. The van der Waals surface area contributed by atoms with Crippen LogP contribution in [-0.4, -0.2) is 73.2 Å². The lowest BCUT2D eigenvalue weighted by atomic mass is 9.84. The van der Waals surface area contributed by atoms with Crippen LogP contribution < -0.4 is 25.4 Å². The van der Waals surface area contributed by atoms with Gasteiger partial charge in [-0.15, -0.1) is 12.4 Å². The number of carbonyl (C=O) groups is 3. The summed E-state index contributed by atoms with van der Waals surface area (Å²) in [6.45, 7) is 9.40. The minimum absolute atomic E-state index is 0. The predicted octanol–water partition coefficient (Wildman–Crippen LogP) is 2.27. The lowest BCUT2D eigenvalue weighted by Gasteiger charge is -2.35. The van der Waals surface area contributed by atoms with E-state index in [0.717, 1.165) is 5.56 Å². The molecule has 2 amide bonds. The highest BCUT2D eigenvalue weighted by molar-refractivity contribution is 6.06. The first-order valence-electron chi connectivity index (χ1n) is 12.5. The monoisotopic (exact) mass is 558 g/mol. The van der Waals surface area contributed by atoms with E-state index in [1.54, 1.807) is 17.0 Å². The van der Waals surface area contributed by atoms with Crippen molar-refractivity contribution in [1.82, 2.24) is 15.2 Å². The van der Waals surface area contributed by atoms with Crippen molar-refractivity contribution < 1.29 is 23.9 Å². The molecule has 12 heteroatoms. The number of Topliss-reactive ketones (excluding diaryl/α,β-unsaturated/α-hetero) is 1. The van der Waals surface area contributed by atoms with Crippen LogP contribution >= 0.6 is 12.4 Å². The van der Waals surface area contributed by atoms with E-state index in [0.29, 0.717) is 53.8 Å². The fourth-order valence-corrected chi connectivity index (χ4v) is 4.69. The number of halogens is 1. The van der Waals surface area contributed by atoms with Crippen LogP contribution in [0.3, 0.4) is 0 Å². The third kappa shape index (κ3) is 5.93. The van der Waals surface area contributed by atoms with Crippen molar-refractivity contribution in [2.24, 2.45) is 5.73 Å². The molecule has 3 heterocycles. The number of anilines is 1. The quantitative estimate of drug-likeness (QED) is 0.417. The number of ketones is 1. The Hall–Kier alpha value is -3.86. The summed E-state index contributed by atoms with van der Waals surface area (Å²) in [6, 6.07) is 5.28. The van der Waals surface area contributed by atoms with Gasteiger partial charge < -0.3 is 30.3 Å². The number of carbonyl (C=O) groups excluding carboxylic acids is 3. The van der Waals surface area contributed by atoms with Gasteiger partial charge in [0, 0.05) is 30.3 Å². The zero-order valence-corrected chi connectivity index (χ0v) is 23.7. The smallest absolute Gasteiger partial charge is 0.273 e. The SMILES string of the molecule is CCOc1cc2c(nc1C(=O)NC)C(=N)N(CC(=O)c1cc3c(c(C(C)(C)C)c1)OCCN3CC(N)=O)C2.Cl. The summed E-state index contributed by atoms with van der Waals surface area (Å²) in [5.41, 5.74) is 8.27. The number of benzene rings is 1. The highest BCUT2D eigenvalue weighted by atomic mass is 35.5. The Labute approximate surface area is 233 Å². The van der Waals surface area contributed by atoms with Crippen LogP contribution in [-0.2, 0) is 16.8 Å². The normalized spacial score (nSPS) is 14.1. The van der Waals surface area contributed by atoms with Crippen molar-refractivity contribution in [3.05, 3.63) is 46.3 Å². The Kier molecular flexibility index (Phi) is 8.74. The van der Waals surface area contributed by atoms with Gasteiger partial charge in [0.2, 0.25) is 5.91 Å². The minimum atomic E-state index is -0.467. The highest BCUT2D eigenvalue weighted by Gasteiger charge is 2.33. The number of nitrogens with two attached hydrogens (primary N) is 1. The number of fused-ring (bicyclic) bond motifs is 2. The van der Waals surface area contributed by atoms with Crippen molar-refractivity contribution in [3.8, 4) is 11.5 Å². The first-order valence-corrected chi connectivity index (χ1v) is 12.5. The van der Waals surface area contributed by atoms with Gasteiger partial charge in [-0.3, -0.25) is 19.8 Å². The topological polar surface area (TPSA) is 151 Å². The van der Waals surface area contributed by atoms with Gasteiger partial charge in [0.25, 0.3) is 5.91 Å². The number of hydrogen-bond donors (Lipinski definition) is 3. The highest BCUT2D eigenvalue weighted by Crippen LogP contribution is 2.42. The number of amides is 2. The van der Waals surface area contributed by atoms with Crippen LogP contribution in [0.4, 0.5) is 5.69 Å². The fraction of sp³-hybridized carbons (Fsp3) is 0.444. The summed E-state index contributed by atoms with van der Waals surface area (Å²) < 4.78 is 11.6. The third-order valence-corrected chi connectivity index (χ3v) is 6.54. The molecule has 2 aliphatic rings. The Morgan fingerprint density at radius 2 is 1.90 bits per heavy atom. The second-order valence-electron chi connectivity index (χ2n) is 10.3. The number of ether oxygens (including phenoxy) is 2. The van der Waals surface area contributed by atoms with E-state index in [4.69, 9.17) is 20.6 Å². The van der Waals surface area contributed by atoms with Gasteiger partial charge in [0.15, 0.2) is 17.2 Å². The molecule has 39 heavy (non-hydrogen) atoms. The predicted molar refractivity (Wildman–Crippen MR) is 150 cm³/mol. The molecule has 2 aliphatic heterocycles. The van der Waals surface area contributed by atoms with Crippen LogP contribution in [0.5, 0.6) is 11.5 Å². The van der Waals surface area contributed by atoms with E-state index < -0.39 is 11.8 Å². The molecule has 11 nitrogen and oxygen atoms in total. The van der Waals surface area contributed by atoms with E-state index in [1.165, 1.54) is 7.05 Å². The number of pyridine rings is 1. The average molecular weight is 559 g/mol. The molecule has 0 atom stereocenters. The second-order valence-corrected chi connectivity index (χ2v) is 10.3. The molecular formula is C27H35ClN6O5. The number of amidine groups is 1. The minimum Gasteiger partial charge on any atom is -0.491 e. The van der Waals surface area contributed by atoms with E-state index in [1.807, 2.05) is 38.7 Å². The molecule has 0 fully saturated rings. The molecule has 210 valence electrons. The van der Waals surface area contributed by atoms with Crippen molar-refractivity contribution >= 4 is 41.5 Å². The van der Waals surface area contributed by atoms with Gasteiger partial charge in [-0.1, -0.05) is 20.8 Å². The summed E-state index contributed by atoms with van der Waals surface area (Å²) >= 11 is 0. The lowest BCUT2D eigenvalue weighted by molar-refractivity contribution is -0.116. The number of nitrogens with zero attached hydrogens (tertiary/aromatic N) is 3. The van der Waals surface area contributed by atoms with Crippen molar-refractivity contribution in [2.45, 2.75) is 39.7 Å². The van der Waals surface area contributed by atoms with Gasteiger partial charge in [-0.25, -0.2) is 4.98 Å². The van der Waals surface area contributed by atoms with Crippen LogP contribution in [0.1, 0.15) is 65.4 Å². The molecular weight excluding hydrogens is 524 g/mol. The van der Waals surface area contributed by atoms with E-state index in [9.17, 15) is 14.4 Å². The van der Waals surface area contributed by atoms with Gasteiger partial charge in [0.1, 0.15) is 23.9 Å². The summed E-state index contributed by atoms with van der Waals surface area (Å²) in [7, 11) is 1.50. The molecule has 2 aromatic rings. The maximum atomic E-state index is 13.6. The first-order chi connectivity index (χ1) is 17.9. The van der Waals surface area contributed by atoms with Crippen LogP contribution in [0, 0.1) is 5.41 Å². The molecule has 0 unspecified atom stereocenters. The molecule has 4 rings (SSSR count). The van der Waals surface area contributed by atoms with E-state index >= 15 is 0 Å². The van der Waals surface area contributed by atoms with Crippen molar-refractivity contribution in [3.63, 3.8) is 0 Å². The van der Waals surface area contributed by atoms with Gasteiger partial charge >= 0.3 is 0 Å². The summed E-state index contributed by atoms with van der Waals surface area (Å²) in [4.78, 5) is 45.5. The van der Waals surface area contributed by atoms with Crippen molar-refractivity contribution in [1.29, 1.82) is 5.41 Å². The molecule has 0 radical (unpaired) electrons. The van der Waals surface area contributed by atoms with Crippen LogP contribution in [0.25, 0.3) is 0 Å². The number of aromatic nitrogens is 1. The third-order valence-electron chi connectivity index (χ3n) is 6.54. The number of nitrogens with one attached hydrogen (secondary N) is 2. The molecule has 1 aromatic carbocycles. The van der Waals surface area contributed by atoms with Crippen molar-refractivity contribution in [2.75, 3.05) is 44.8 Å². The van der Waals surface area contributed by atoms with Gasteiger partial charge in [-0.2, -0.15) is 0 Å². The Balaban J connectivity index is 0.00000420. The first kappa shape index (κ1) is 29.7. The summed E-state index contributed by atoms with van der Waals surface area (Å²) in [5, 5.41) is 11.2.